The molecule has 11 heavy (non-hydrogen) atoms. The Morgan fingerprint density at radius 3 is 2.45 bits per heavy atom. The predicted molar refractivity (Wildman–Crippen MR) is 45.4 cm³/mol. The maximum atomic E-state index is 10.8. The van der Waals surface area contributed by atoms with Crippen molar-refractivity contribution in [3.63, 3.8) is 0 Å². The zero-order valence-corrected chi connectivity index (χ0v) is 7.56. The molecule has 0 aromatic heterocycles. The lowest BCUT2D eigenvalue weighted by atomic mass is 10.4. The lowest BCUT2D eigenvalue weighted by Crippen LogP contribution is -2.23. The van der Waals surface area contributed by atoms with Gasteiger partial charge in [-0.05, 0) is 31.4 Å². The number of allylic oxidation sites excluding steroid dienone is 2. The van der Waals surface area contributed by atoms with Crippen molar-refractivity contribution in [2.45, 2.75) is 25.8 Å². The fourth-order valence-electron chi connectivity index (χ4n) is 1.11. The van der Waals surface area contributed by atoms with Crippen LogP contribution in [0, 0.1) is 0 Å². The number of halogens is 1. The van der Waals surface area contributed by atoms with Crippen molar-refractivity contribution in [1.29, 1.82) is 0 Å². The van der Waals surface area contributed by atoms with Gasteiger partial charge < -0.3 is 4.90 Å². The summed E-state index contributed by atoms with van der Waals surface area (Å²) in [6, 6.07) is 0.545. The third-order valence-electron chi connectivity index (χ3n) is 1.95. The second-order valence-corrected chi connectivity index (χ2v) is 3.13. The number of carbonyl (C=O) groups excluding carboxylic acids is 1. The van der Waals surface area contributed by atoms with Gasteiger partial charge in [0.2, 0.25) is 0 Å². The largest absolute Gasteiger partial charge is 0.368 e. The monoisotopic (exact) mass is 173 g/mol. The first-order chi connectivity index (χ1) is 5.16. The van der Waals surface area contributed by atoms with Crippen molar-refractivity contribution >= 4 is 16.8 Å². The highest BCUT2D eigenvalue weighted by Crippen LogP contribution is 2.28. The Balaban J connectivity index is 2.61. The molecule has 0 saturated heterocycles. The molecule has 1 aliphatic carbocycles. The molecule has 0 amide bonds. The van der Waals surface area contributed by atoms with Gasteiger partial charge in [-0.15, -0.1) is 0 Å². The molecule has 1 aliphatic rings. The van der Waals surface area contributed by atoms with Crippen molar-refractivity contribution in [3.8, 4) is 0 Å². The van der Waals surface area contributed by atoms with E-state index < -0.39 is 0 Å². The summed E-state index contributed by atoms with van der Waals surface area (Å²) in [6.45, 7) is 1.83. The van der Waals surface area contributed by atoms with Crippen molar-refractivity contribution in [3.05, 3.63) is 11.8 Å². The molecule has 0 aromatic rings. The topological polar surface area (TPSA) is 20.3 Å². The van der Waals surface area contributed by atoms with Gasteiger partial charge in [0.25, 0.3) is 5.24 Å². The lowest BCUT2D eigenvalue weighted by Gasteiger charge is -2.18. The predicted octanol–water partition coefficient (Wildman–Crippen LogP) is 1.75. The van der Waals surface area contributed by atoms with Gasteiger partial charge in [-0.2, -0.15) is 0 Å². The Morgan fingerprint density at radius 1 is 1.64 bits per heavy atom. The third kappa shape index (κ3) is 1.96. The summed E-state index contributed by atoms with van der Waals surface area (Å²) in [4.78, 5) is 12.8. The fraction of sp³-hybridized carbons (Fsp3) is 0.625. The van der Waals surface area contributed by atoms with Gasteiger partial charge in [-0.1, -0.05) is 6.08 Å². The maximum Gasteiger partial charge on any atom is 0.268 e. The van der Waals surface area contributed by atoms with Crippen molar-refractivity contribution in [2.24, 2.45) is 0 Å². The molecular weight excluding hydrogens is 162 g/mol. The van der Waals surface area contributed by atoms with Gasteiger partial charge in [0, 0.05) is 13.1 Å². The minimum absolute atomic E-state index is 0.359. The number of hydrogen-bond donors (Lipinski definition) is 0. The minimum Gasteiger partial charge on any atom is -0.368 e. The first-order valence-corrected chi connectivity index (χ1v) is 4.13. The smallest absolute Gasteiger partial charge is 0.268 e. The molecule has 0 bridgehead atoms. The van der Waals surface area contributed by atoms with Crippen LogP contribution in [0.2, 0.25) is 0 Å². The molecule has 0 N–H and O–H groups in total. The van der Waals surface area contributed by atoms with E-state index in [0.29, 0.717) is 11.7 Å². The van der Waals surface area contributed by atoms with E-state index in [1.54, 1.807) is 6.08 Å². The highest BCUT2D eigenvalue weighted by Gasteiger charge is 2.28. The maximum absolute atomic E-state index is 10.8. The number of carbonyl (C=O) groups is 1. The molecule has 62 valence electrons. The Labute approximate surface area is 71.8 Å². The molecule has 2 nitrogen and oxygen atoms in total. The van der Waals surface area contributed by atoms with E-state index >= 15 is 0 Å². The molecule has 0 spiro atoms. The van der Waals surface area contributed by atoms with Gasteiger partial charge in [0.1, 0.15) is 0 Å². The highest BCUT2D eigenvalue weighted by molar-refractivity contribution is 6.67. The Hall–Kier alpha value is -0.500. The van der Waals surface area contributed by atoms with Crippen molar-refractivity contribution < 1.29 is 4.79 Å². The van der Waals surface area contributed by atoms with Gasteiger partial charge in [-0.25, -0.2) is 0 Å². The molecule has 3 heteroatoms. The van der Waals surface area contributed by atoms with Crippen LogP contribution in [0.25, 0.3) is 0 Å². The number of likely N-dealkylation sites (N-methyl/N-ethyl adjacent to an activating group) is 1. The molecule has 1 saturated carbocycles. The van der Waals surface area contributed by atoms with Crippen LogP contribution in [0.1, 0.15) is 19.8 Å². The standard InChI is InChI=1S/C8H12ClNO/c1-3-7(8(9)11)10(2)6-4-5-6/h3,6H,4-5H2,1-2H3/b7-3-. The van der Waals surface area contributed by atoms with Crippen LogP contribution in [0.4, 0.5) is 0 Å². The van der Waals surface area contributed by atoms with E-state index in [0.717, 1.165) is 0 Å². The van der Waals surface area contributed by atoms with Crippen LogP contribution in [-0.2, 0) is 4.79 Å². The second kappa shape index (κ2) is 3.26. The number of rotatable bonds is 3. The Kier molecular flexibility index (Phi) is 2.55. The molecule has 0 atom stereocenters. The number of hydrogen-bond acceptors (Lipinski definition) is 2. The van der Waals surface area contributed by atoms with Gasteiger partial charge in [0.15, 0.2) is 0 Å². The summed E-state index contributed by atoms with van der Waals surface area (Å²) in [7, 11) is 1.91. The van der Waals surface area contributed by atoms with E-state index in [9.17, 15) is 4.79 Å². The summed E-state index contributed by atoms with van der Waals surface area (Å²) < 4.78 is 0. The molecular formula is C8H12ClNO. The molecule has 0 aromatic carbocycles. The van der Waals surface area contributed by atoms with Crippen LogP contribution < -0.4 is 0 Å². The van der Waals surface area contributed by atoms with Crippen LogP contribution in [0.5, 0.6) is 0 Å². The molecule has 0 radical (unpaired) electrons. The van der Waals surface area contributed by atoms with Crippen LogP contribution in [-0.4, -0.2) is 23.2 Å². The quantitative estimate of drug-likeness (QED) is 0.479. The molecule has 1 rings (SSSR count). The highest BCUT2D eigenvalue weighted by atomic mass is 35.5. The first kappa shape index (κ1) is 8.60. The zero-order valence-electron chi connectivity index (χ0n) is 6.80. The van der Waals surface area contributed by atoms with Crippen LogP contribution >= 0.6 is 11.6 Å². The molecule has 0 heterocycles. The van der Waals surface area contributed by atoms with E-state index in [1.165, 1.54) is 12.8 Å². The van der Waals surface area contributed by atoms with Crippen LogP contribution in [0.15, 0.2) is 11.8 Å². The van der Waals surface area contributed by atoms with Crippen molar-refractivity contribution in [2.75, 3.05) is 7.05 Å². The van der Waals surface area contributed by atoms with Gasteiger partial charge in [-0.3, -0.25) is 4.79 Å². The average Bonchev–Trinajstić information content (AvgIpc) is 2.68. The summed E-state index contributed by atoms with van der Waals surface area (Å²) in [5.74, 6) is 0. The van der Waals surface area contributed by atoms with Crippen LogP contribution in [0.3, 0.4) is 0 Å². The summed E-state index contributed by atoms with van der Waals surface area (Å²) in [5, 5.41) is -0.359. The van der Waals surface area contributed by atoms with Crippen molar-refractivity contribution in [1.82, 2.24) is 4.90 Å². The SMILES string of the molecule is C/C=C(/C(=O)Cl)N(C)C1CC1. The van der Waals surface area contributed by atoms with E-state index in [-0.39, 0.29) is 5.24 Å². The van der Waals surface area contributed by atoms with E-state index in [4.69, 9.17) is 11.6 Å². The molecule has 0 aliphatic heterocycles. The third-order valence-corrected chi connectivity index (χ3v) is 2.14. The zero-order chi connectivity index (χ0) is 8.43. The first-order valence-electron chi connectivity index (χ1n) is 3.75. The summed E-state index contributed by atoms with van der Waals surface area (Å²) in [6.07, 6.45) is 4.11. The van der Waals surface area contributed by atoms with E-state index in [1.807, 2.05) is 18.9 Å². The average molecular weight is 174 g/mol. The van der Waals surface area contributed by atoms with Gasteiger partial charge >= 0.3 is 0 Å². The second-order valence-electron chi connectivity index (χ2n) is 2.79. The lowest BCUT2D eigenvalue weighted by molar-refractivity contribution is -0.109. The van der Waals surface area contributed by atoms with Gasteiger partial charge in [0.05, 0.1) is 5.70 Å². The minimum atomic E-state index is -0.359. The summed E-state index contributed by atoms with van der Waals surface area (Å²) >= 11 is 5.36. The molecule has 0 unspecified atom stereocenters. The normalized spacial score (nSPS) is 18.3. The Morgan fingerprint density at radius 2 is 2.18 bits per heavy atom. The molecule has 1 fully saturated rings. The summed E-state index contributed by atoms with van der Waals surface area (Å²) in [5.41, 5.74) is 0.620. The Bertz CT molecular complexity index is 196. The fourth-order valence-corrected chi connectivity index (χ4v) is 1.36. The number of nitrogens with zero attached hydrogens (tertiary/aromatic N) is 1. The van der Waals surface area contributed by atoms with E-state index in [2.05, 4.69) is 0 Å².